The van der Waals surface area contributed by atoms with Gasteiger partial charge in [-0.1, -0.05) is 80.2 Å². The van der Waals surface area contributed by atoms with Crippen molar-refractivity contribution in [3.05, 3.63) is 35.9 Å². The minimum atomic E-state index is 0.633. The molecule has 1 atom stereocenters. The number of aryl methyl sites for hydroxylation is 1. The van der Waals surface area contributed by atoms with E-state index in [1.807, 2.05) is 0 Å². The van der Waals surface area contributed by atoms with Crippen molar-refractivity contribution in [3.8, 4) is 11.5 Å². The molecule has 2 aromatic rings. The van der Waals surface area contributed by atoms with Gasteiger partial charge in [-0.05, 0) is 50.2 Å². The van der Waals surface area contributed by atoms with E-state index in [4.69, 9.17) is 9.47 Å². The first-order valence-corrected chi connectivity index (χ1v) is 12.1. The molecule has 0 saturated heterocycles. The Morgan fingerprint density at radius 1 is 0.857 bits per heavy atom. The van der Waals surface area contributed by atoms with Crippen molar-refractivity contribution in [3.63, 3.8) is 0 Å². The van der Waals surface area contributed by atoms with Gasteiger partial charge < -0.3 is 9.47 Å². The normalized spacial score (nSPS) is 12.3. The lowest BCUT2D eigenvalue weighted by atomic mass is 10.0. The lowest BCUT2D eigenvalue weighted by Crippen LogP contribution is -2.04. The van der Waals surface area contributed by atoms with Crippen LogP contribution in [0.4, 0.5) is 0 Å². The van der Waals surface area contributed by atoms with Crippen molar-refractivity contribution in [1.82, 2.24) is 0 Å². The predicted octanol–water partition coefficient (Wildman–Crippen LogP) is 8.08. The number of ether oxygens (including phenoxy) is 2. The first-order chi connectivity index (χ1) is 13.7. The topological polar surface area (TPSA) is 18.5 Å². The summed E-state index contributed by atoms with van der Waals surface area (Å²) in [6, 6.07) is 10.7. The van der Waals surface area contributed by atoms with E-state index < -0.39 is 0 Å². The van der Waals surface area contributed by atoms with Crippen LogP contribution in [-0.2, 0) is 6.42 Å². The number of halogens is 1. The molecule has 0 aliphatic carbocycles. The summed E-state index contributed by atoms with van der Waals surface area (Å²) in [5, 5.41) is 2.34. The molecule has 0 aromatic heterocycles. The van der Waals surface area contributed by atoms with Gasteiger partial charge in [-0.25, -0.2) is 0 Å². The summed E-state index contributed by atoms with van der Waals surface area (Å²) in [5.41, 5.74) is 1.25. The molecule has 28 heavy (non-hydrogen) atoms. The molecule has 2 rings (SSSR count). The molecular formula is C25H37BrO2. The average molecular weight is 449 g/mol. The Morgan fingerprint density at radius 3 is 2.29 bits per heavy atom. The van der Waals surface area contributed by atoms with Crippen LogP contribution in [0.5, 0.6) is 11.5 Å². The van der Waals surface area contributed by atoms with Crippen molar-refractivity contribution < 1.29 is 9.47 Å². The molecule has 3 heteroatoms. The number of alkyl halides is 1. The van der Waals surface area contributed by atoms with Gasteiger partial charge in [0.1, 0.15) is 11.5 Å². The monoisotopic (exact) mass is 448 g/mol. The Kier molecular flexibility index (Phi) is 10.8. The smallest absolute Gasteiger partial charge is 0.130 e. The summed E-state index contributed by atoms with van der Waals surface area (Å²) < 4.78 is 12.5. The molecule has 0 radical (unpaired) electrons. The zero-order valence-corrected chi connectivity index (χ0v) is 19.5. The zero-order valence-electron chi connectivity index (χ0n) is 17.9. The van der Waals surface area contributed by atoms with Crippen LogP contribution in [0.15, 0.2) is 30.3 Å². The maximum absolute atomic E-state index is 6.26. The highest BCUT2D eigenvalue weighted by molar-refractivity contribution is 9.09. The van der Waals surface area contributed by atoms with E-state index in [2.05, 4.69) is 67.0 Å². The summed E-state index contributed by atoms with van der Waals surface area (Å²) in [6.45, 7) is 8.22. The second-order valence-corrected chi connectivity index (χ2v) is 8.82. The minimum absolute atomic E-state index is 0.633. The molecule has 0 bridgehead atoms. The maximum atomic E-state index is 6.26. The lowest BCUT2D eigenvalue weighted by Gasteiger charge is -2.17. The quantitative estimate of drug-likeness (QED) is 0.214. The molecule has 0 N–H and O–H groups in total. The third-order valence-corrected chi connectivity index (χ3v) is 6.38. The molecule has 0 fully saturated rings. The largest absolute Gasteiger partial charge is 0.493 e. The highest BCUT2D eigenvalue weighted by atomic mass is 79.9. The standard InChI is InChI=1S/C25H37BrO2/c1-4-7-8-12-18-28-25-20(5-2)19-24(22-15-9-10-16-23(22)25)27-17-13-11-14-21(26)6-3/h9-10,15-16,19,21H,4-8,11-14,17-18H2,1-3H3. The Balaban J connectivity index is 2.07. The van der Waals surface area contributed by atoms with E-state index >= 15 is 0 Å². The number of unbranched alkanes of at least 4 members (excludes halogenated alkanes) is 4. The van der Waals surface area contributed by atoms with Crippen molar-refractivity contribution in [2.24, 2.45) is 0 Å². The van der Waals surface area contributed by atoms with Crippen molar-refractivity contribution in [2.45, 2.75) is 83.4 Å². The van der Waals surface area contributed by atoms with Gasteiger partial charge in [-0.15, -0.1) is 0 Å². The summed E-state index contributed by atoms with van der Waals surface area (Å²) in [5.74, 6) is 2.05. The molecule has 2 aromatic carbocycles. The third kappa shape index (κ3) is 6.99. The van der Waals surface area contributed by atoms with E-state index in [0.29, 0.717) is 4.83 Å². The molecule has 0 heterocycles. The fourth-order valence-electron chi connectivity index (χ4n) is 3.48. The van der Waals surface area contributed by atoms with Gasteiger partial charge in [0.15, 0.2) is 0 Å². The Bertz CT molecular complexity index is 698. The number of hydrogen-bond acceptors (Lipinski definition) is 2. The number of hydrogen-bond donors (Lipinski definition) is 0. The van der Waals surface area contributed by atoms with Crippen LogP contribution >= 0.6 is 15.9 Å². The van der Waals surface area contributed by atoms with Gasteiger partial charge in [0, 0.05) is 15.6 Å². The first kappa shape index (κ1) is 23.1. The highest BCUT2D eigenvalue weighted by Gasteiger charge is 2.13. The first-order valence-electron chi connectivity index (χ1n) is 11.1. The number of rotatable bonds is 14. The van der Waals surface area contributed by atoms with E-state index in [0.717, 1.165) is 49.4 Å². The third-order valence-electron chi connectivity index (χ3n) is 5.27. The maximum Gasteiger partial charge on any atom is 0.130 e. The lowest BCUT2D eigenvalue weighted by molar-refractivity contribution is 0.299. The van der Waals surface area contributed by atoms with Crippen molar-refractivity contribution in [2.75, 3.05) is 13.2 Å². The highest BCUT2D eigenvalue weighted by Crippen LogP contribution is 2.37. The molecule has 0 saturated carbocycles. The summed E-state index contributed by atoms with van der Waals surface area (Å²) in [6.07, 6.45) is 10.5. The van der Waals surface area contributed by atoms with E-state index in [-0.39, 0.29) is 0 Å². The Labute approximate surface area is 180 Å². The van der Waals surface area contributed by atoms with Gasteiger partial charge >= 0.3 is 0 Å². The summed E-state index contributed by atoms with van der Waals surface area (Å²) in [4.78, 5) is 0.633. The molecular weight excluding hydrogens is 412 g/mol. The van der Waals surface area contributed by atoms with E-state index in [9.17, 15) is 0 Å². The predicted molar refractivity (Wildman–Crippen MR) is 125 cm³/mol. The van der Waals surface area contributed by atoms with Crippen LogP contribution in [0.1, 0.15) is 77.7 Å². The molecule has 0 spiro atoms. The van der Waals surface area contributed by atoms with Crippen LogP contribution in [0.2, 0.25) is 0 Å². The molecule has 2 nitrogen and oxygen atoms in total. The average Bonchev–Trinajstić information content (AvgIpc) is 2.73. The molecule has 1 unspecified atom stereocenters. The van der Waals surface area contributed by atoms with E-state index in [1.54, 1.807) is 0 Å². The van der Waals surface area contributed by atoms with E-state index in [1.165, 1.54) is 49.5 Å². The fraction of sp³-hybridized carbons (Fsp3) is 0.600. The van der Waals surface area contributed by atoms with Crippen LogP contribution < -0.4 is 9.47 Å². The Hall–Kier alpha value is -1.22. The number of benzene rings is 2. The number of fused-ring (bicyclic) bond motifs is 1. The molecule has 0 aliphatic heterocycles. The van der Waals surface area contributed by atoms with Crippen molar-refractivity contribution >= 4 is 26.7 Å². The molecule has 0 amide bonds. The second-order valence-electron chi connectivity index (χ2n) is 7.52. The fourth-order valence-corrected chi connectivity index (χ4v) is 3.80. The van der Waals surface area contributed by atoms with Crippen LogP contribution in [0, 0.1) is 0 Å². The SMILES string of the molecule is CCCCCCOc1c(CC)cc(OCCCCC(Br)CC)c2ccccc12. The molecule has 156 valence electrons. The van der Waals surface area contributed by atoms with Crippen molar-refractivity contribution in [1.29, 1.82) is 0 Å². The minimum Gasteiger partial charge on any atom is -0.493 e. The van der Waals surface area contributed by atoms with Gasteiger partial charge in [0.25, 0.3) is 0 Å². The second kappa shape index (κ2) is 13.1. The summed E-state index contributed by atoms with van der Waals surface area (Å²) >= 11 is 3.71. The van der Waals surface area contributed by atoms with Gasteiger partial charge in [-0.3, -0.25) is 0 Å². The van der Waals surface area contributed by atoms with Crippen LogP contribution in [0.25, 0.3) is 10.8 Å². The van der Waals surface area contributed by atoms with Crippen LogP contribution in [-0.4, -0.2) is 18.0 Å². The van der Waals surface area contributed by atoms with Crippen LogP contribution in [0.3, 0.4) is 0 Å². The van der Waals surface area contributed by atoms with Gasteiger partial charge in [0.05, 0.1) is 13.2 Å². The summed E-state index contributed by atoms with van der Waals surface area (Å²) in [7, 11) is 0. The zero-order chi connectivity index (χ0) is 20.2. The van der Waals surface area contributed by atoms with Gasteiger partial charge in [0.2, 0.25) is 0 Å². The Morgan fingerprint density at radius 2 is 1.57 bits per heavy atom. The molecule has 0 aliphatic rings. The van der Waals surface area contributed by atoms with Gasteiger partial charge in [-0.2, -0.15) is 0 Å².